The Balaban J connectivity index is 1.25. The molecule has 10 nitrogen and oxygen atoms in total. The van der Waals surface area contributed by atoms with Crippen molar-refractivity contribution in [2.24, 2.45) is 5.10 Å². The normalized spacial score (nSPS) is 11.3. The number of rotatable bonds is 12. The minimum atomic E-state index is -0.371. The first-order valence-electron chi connectivity index (χ1n) is 13.8. The predicted octanol–water partition coefficient (Wildman–Crippen LogP) is 6.16. The number of methoxy groups -OCH3 is 1. The third-order valence-electron chi connectivity index (χ3n) is 6.36. The predicted molar refractivity (Wildman–Crippen MR) is 180 cm³/mol. The highest BCUT2D eigenvalue weighted by Crippen LogP contribution is 2.33. The van der Waals surface area contributed by atoms with E-state index < -0.39 is 0 Å². The van der Waals surface area contributed by atoms with Gasteiger partial charge in [0.1, 0.15) is 24.0 Å². The molecular weight excluding hydrogens is 693 g/mol. The lowest BCUT2D eigenvalue weighted by atomic mass is 9.87. The molecule has 44 heavy (non-hydrogen) atoms. The van der Waals surface area contributed by atoms with Gasteiger partial charge in [0.15, 0.2) is 11.5 Å². The highest BCUT2D eigenvalue weighted by atomic mass is 127. The van der Waals surface area contributed by atoms with Gasteiger partial charge in [0.2, 0.25) is 11.0 Å². The van der Waals surface area contributed by atoms with E-state index in [2.05, 4.69) is 81.5 Å². The van der Waals surface area contributed by atoms with Crippen LogP contribution in [0.2, 0.25) is 0 Å². The van der Waals surface area contributed by atoms with Crippen LogP contribution in [-0.4, -0.2) is 48.5 Å². The van der Waals surface area contributed by atoms with Gasteiger partial charge in [0.25, 0.3) is 5.91 Å². The number of benzene rings is 3. The monoisotopic (exact) mass is 727 g/mol. The smallest absolute Gasteiger partial charge is 0.257 e. The topological polar surface area (TPSA) is 124 Å². The van der Waals surface area contributed by atoms with Gasteiger partial charge in [-0.15, -0.1) is 10.2 Å². The fourth-order valence-corrected chi connectivity index (χ4v) is 5.55. The summed E-state index contributed by atoms with van der Waals surface area (Å²) in [5, 5.41) is 15.5. The summed E-state index contributed by atoms with van der Waals surface area (Å²) in [6.45, 7) is 9.09. The molecule has 0 aliphatic rings. The van der Waals surface area contributed by atoms with Gasteiger partial charge in [-0.25, -0.2) is 5.43 Å². The maximum absolute atomic E-state index is 12.5. The van der Waals surface area contributed by atoms with Crippen molar-refractivity contribution in [2.75, 3.05) is 25.6 Å². The summed E-state index contributed by atoms with van der Waals surface area (Å²) < 4.78 is 18.2. The third kappa shape index (κ3) is 9.23. The lowest BCUT2D eigenvalue weighted by molar-refractivity contribution is -0.120. The first-order chi connectivity index (χ1) is 21.0. The number of amides is 2. The van der Waals surface area contributed by atoms with E-state index in [0.29, 0.717) is 46.0 Å². The summed E-state index contributed by atoms with van der Waals surface area (Å²) in [7, 11) is 1.56. The molecule has 0 atom stereocenters. The Morgan fingerprint density at radius 1 is 1.02 bits per heavy atom. The number of aryl methyl sites for hydroxylation is 1. The average Bonchev–Trinajstić information content (AvgIpc) is 3.42. The van der Waals surface area contributed by atoms with Crippen molar-refractivity contribution in [1.82, 2.24) is 15.6 Å². The molecule has 0 unspecified atom stereocenters. The number of hydrogen-bond donors (Lipinski definition) is 2. The Bertz CT molecular complexity index is 1630. The largest absolute Gasteiger partial charge is 0.493 e. The molecule has 0 aliphatic heterocycles. The van der Waals surface area contributed by atoms with Crippen LogP contribution in [-0.2, 0) is 16.6 Å². The molecule has 1 heterocycles. The van der Waals surface area contributed by atoms with Crippen LogP contribution in [0.4, 0.5) is 5.13 Å². The van der Waals surface area contributed by atoms with Gasteiger partial charge >= 0.3 is 0 Å². The first-order valence-corrected chi connectivity index (χ1v) is 15.7. The molecule has 4 rings (SSSR count). The first kappa shape index (κ1) is 32.9. The Kier molecular flexibility index (Phi) is 11.3. The minimum absolute atomic E-state index is 0.0360. The van der Waals surface area contributed by atoms with Crippen LogP contribution in [0.5, 0.6) is 17.2 Å². The fourth-order valence-electron chi connectivity index (χ4n) is 4.03. The number of anilines is 1. The zero-order chi connectivity index (χ0) is 31.7. The van der Waals surface area contributed by atoms with E-state index in [1.165, 1.54) is 11.8 Å². The summed E-state index contributed by atoms with van der Waals surface area (Å²) in [6.07, 6.45) is 1.48. The van der Waals surface area contributed by atoms with Crippen molar-refractivity contribution in [3.8, 4) is 17.2 Å². The van der Waals surface area contributed by atoms with Crippen LogP contribution in [0.25, 0.3) is 0 Å². The zero-order valence-electron chi connectivity index (χ0n) is 25.1. The van der Waals surface area contributed by atoms with Gasteiger partial charge in [0, 0.05) is 5.56 Å². The second kappa shape index (κ2) is 15.1. The molecule has 0 saturated heterocycles. The van der Waals surface area contributed by atoms with Crippen LogP contribution < -0.4 is 25.0 Å². The zero-order valence-corrected chi connectivity index (χ0v) is 28.1. The van der Waals surface area contributed by atoms with E-state index in [-0.39, 0.29) is 23.7 Å². The van der Waals surface area contributed by atoms with Crippen LogP contribution in [0.15, 0.2) is 65.8 Å². The quantitative estimate of drug-likeness (QED) is 0.0776. The lowest BCUT2D eigenvalue weighted by Gasteiger charge is -2.19. The maximum atomic E-state index is 12.5. The Hall–Kier alpha value is -4.04. The van der Waals surface area contributed by atoms with E-state index in [0.717, 1.165) is 26.2 Å². The summed E-state index contributed by atoms with van der Waals surface area (Å²) >= 11 is 3.30. The number of aromatic nitrogens is 2. The van der Waals surface area contributed by atoms with Crippen molar-refractivity contribution in [3.05, 3.63) is 91.5 Å². The number of halogens is 1. The van der Waals surface area contributed by atoms with Gasteiger partial charge in [-0.3, -0.25) is 14.9 Å². The molecule has 0 spiro atoms. The lowest BCUT2D eigenvalue weighted by Crippen LogP contribution is -2.19. The molecule has 4 aromatic rings. The molecule has 2 N–H and O–H groups in total. The van der Waals surface area contributed by atoms with E-state index in [1.54, 1.807) is 25.3 Å². The molecule has 12 heteroatoms. The van der Waals surface area contributed by atoms with Gasteiger partial charge in [-0.2, -0.15) is 5.10 Å². The third-order valence-corrected chi connectivity index (χ3v) is 8.00. The number of hydrogen-bond acceptors (Lipinski definition) is 9. The number of ether oxygens (including phenoxy) is 3. The number of carbonyl (C=O) groups is 2. The summed E-state index contributed by atoms with van der Waals surface area (Å²) in [5.74, 6) is 1.27. The van der Waals surface area contributed by atoms with Crippen molar-refractivity contribution in [2.45, 2.75) is 39.5 Å². The fraction of sp³-hybridized carbons (Fsp3) is 0.281. The van der Waals surface area contributed by atoms with Crippen molar-refractivity contribution in [1.29, 1.82) is 0 Å². The van der Waals surface area contributed by atoms with E-state index in [9.17, 15) is 9.59 Å². The molecule has 0 aliphatic carbocycles. The average molecular weight is 728 g/mol. The van der Waals surface area contributed by atoms with Crippen molar-refractivity contribution >= 4 is 57.1 Å². The Labute approximate surface area is 274 Å². The summed E-state index contributed by atoms with van der Waals surface area (Å²) in [4.78, 5) is 24.9. The highest BCUT2D eigenvalue weighted by Gasteiger charge is 2.15. The number of nitrogens with zero attached hydrogens (tertiary/aromatic N) is 3. The van der Waals surface area contributed by atoms with Crippen molar-refractivity contribution in [3.63, 3.8) is 0 Å². The number of hydrazone groups is 1. The highest BCUT2D eigenvalue weighted by molar-refractivity contribution is 14.1. The molecule has 1 aromatic heterocycles. The van der Waals surface area contributed by atoms with Gasteiger partial charge in [-0.05, 0) is 82.0 Å². The Morgan fingerprint density at radius 2 is 1.75 bits per heavy atom. The van der Waals surface area contributed by atoms with Gasteiger partial charge < -0.3 is 14.2 Å². The van der Waals surface area contributed by atoms with Gasteiger partial charge in [-0.1, -0.05) is 62.4 Å². The molecule has 3 aromatic carbocycles. The molecule has 0 radical (unpaired) electrons. The molecule has 230 valence electrons. The standard InChI is InChI=1S/C32H34IN5O5S/c1-20-8-6-7-9-24(20)30(40)35-31-38-37-28(44-31)18-27(39)36-34-19-21-16-25(33)29(26(17-21)41-5)43-15-14-42-23-12-10-22(11-13-23)32(2,3)4/h6-13,16-17,19H,14-15,18H2,1-5H3,(H,36,39)(H,35,38,40)/b34-19+. The Morgan fingerprint density at radius 3 is 2.45 bits per heavy atom. The van der Waals surface area contributed by atoms with Crippen LogP contribution in [0.1, 0.15) is 52.8 Å². The van der Waals surface area contributed by atoms with E-state index >= 15 is 0 Å². The second-order valence-corrected chi connectivity index (χ2v) is 13.0. The summed E-state index contributed by atoms with van der Waals surface area (Å²) in [5.41, 5.74) is 5.94. The van der Waals surface area contributed by atoms with Crippen LogP contribution >= 0.6 is 33.9 Å². The van der Waals surface area contributed by atoms with Crippen LogP contribution in [0, 0.1) is 10.5 Å². The van der Waals surface area contributed by atoms with Crippen LogP contribution in [0.3, 0.4) is 0 Å². The van der Waals surface area contributed by atoms with E-state index in [4.69, 9.17) is 14.2 Å². The molecule has 0 saturated carbocycles. The molecule has 2 amide bonds. The number of carbonyl (C=O) groups excluding carboxylic acids is 2. The molecule has 0 bridgehead atoms. The molecular formula is C32H34IN5O5S. The second-order valence-electron chi connectivity index (χ2n) is 10.7. The maximum Gasteiger partial charge on any atom is 0.257 e. The number of nitrogens with one attached hydrogen (secondary N) is 2. The van der Waals surface area contributed by atoms with E-state index in [1.807, 2.05) is 37.3 Å². The van der Waals surface area contributed by atoms with Crippen molar-refractivity contribution < 1.29 is 23.8 Å². The minimum Gasteiger partial charge on any atom is -0.493 e. The SMILES string of the molecule is COc1cc(/C=N/NC(=O)Cc2nnc(NC(=O)c3ccccc3C)s2)cc(I)c1OCCOc1ccc(C(C)(C)C)cc1. The van der Waals surface area contributed by atoms with Gasteiger partial charge in [0.05, 0.1) is 23.3 Å². The summed E-state index contributed by atoms with van der Waals surface area (Å²) in [6, 6.07) is 19.0. The molecule has 0 fully saturated rings.